The molecule has 0 saturated heterocycles. The number of rotatable bonds is 1. The lowest BCUT2D eigenvalue weighted by atomic mass is 10.3. The first-order valence-electron chi connectivity index (χ1n) is 3.31. The van der Waals surface area contributed by atoms with Gasteiger partial charge >= 0.3 is 0 Å². The summed E-state index contributed by atoms with van der Waals surface area (Å²) in [5.74, 6) is 0.749. The number of nitrogens with zero attached hydrogens (tertiary/aromatic N) is 2. The van der Waals surface area contributed by atoms with Gasteiger partial charge in [0.1, 0.15) is 0 Å². The van der Waals surface area contributed by atoms with Crippen LogP contribution in [-0.2, 0) is 0 Å². The number of hydrogen-bond donors (Lipinski definition) is 0. The fraction of sp³-hybridized carbons (Fsp3) is 0.143. The van der Waals surface area contributed by atoms with E-state index in [0.29, 0.717) is 0 Å². The van der Waals surface area contributed by atoms with Crippen molar-refractivity contribution in [3.05, 3.63) is 23.2 Å². The maximum atomic E-state index is 5.58. The fourth-order valence-corrected chi connectivity index (χ4v) is 1.75. The first kappa shape index (κ1) is 7.76. The van der Waals surface area contributed by atoms with Crippen LogP contribution in [0.5, 0.6) is 0 Å². The maximum absolute atomic E-state index is 5.58. The monoisotopic (exact) mass is 200 g/mol. The predicted molar refractivity (Wildman–Crippen MR) is 47.4 cm³/mol. The van der Waals surface area contributed by atoms with E-state index >= 15 is 0 Å². The zero-order chi connectivity index (χ0) is 8.55. The van der Waals surface area contributed by atoms with E-state index in [1.54, 1.807) is 6.26 Å². The van der Waals surface area contributed by atoms with Crippen LogP contribution in [0.3, 0.4) is 0 Å². The Kier molecular flexibility index (Phi) is 1.86. The highest BCUT2D eigenvalue weighted by molar-refractivity contribution is 7.09. The lowest BCUT2D eigenvalue weighted by molar-refractivity contribution is 0.580. The lowest BCUT2D eigenvalue weighted by Gasteiger charge is -1.88. The normalized spacial score (nSPS) is 10.5. The molecule has 2 heterocycles. The molecule has 2 aromatic heterocycles. The van der Waals surface area contributed by atoms with E-state index in [0.717, 1.165) is 16.3 Å². The SMILES string of the molecule is Cc1ccoc1-c1nc(Cl)ns1. The minimum atomic E-state index is 0.269. The van der Waals surface area contributed by atoms with Gasteiger partial charge in [0.05, 0.1) is 6.26 Å². The Morgan fingerprint density at radius 3 is 2.92 bits per heavy atom. The average Bonchev–Trinajstić information content (AvgIpc) is 2.58. The number of furan rings is 1. The zero-order valence-electron chi connectivity index (χ0n) is 6.24. The molecule has 0 unspecified atom stereocenters. The third-order valence-corrected chi connectivity index (χ3v) is 2.44. The van der Waals surface area contributed by atoms with Gasteiger partial charge in [0.15, 0.2) is 10.8 Å². The fourth-order valence-electron chi connectivity index (χ4n) is 0.890. The van der Waals surface area contributed by atoms with Crippen LogP contribution in [0.2, 0.25) is 5.28 Å². The molecule has 0 saturated carbocycles. The van der Waals surface area contributed by atoms with Gasteiger partial charge < -0.3 is 4.42 Å². The summed E-state index contributed by atoms with van der Waals surface area (Å²) in [4.78, 5) is 3.99. The van der Waals surface area contributed by atoms with Gasteiger partial charge in [0.25, 0.3) is 0 Å². The summed E-state index contributed by atoms with van der Waals surface area (Å²) in [7, 11) is 0. The largest absolute Gasteiger partial charge is 0.461 e. The van der Waals surface area contributed by atoms with Gasteiger partial charge in [-0.15, -0.1) is 0 Å². The van der Waals surface area contributed by atoms with Gasteiger partial charge in [-0.25, -0.2) is 4.98 Å². The minimum absolute atomic E-state index is 0.269. The molecule has 2 aromatic rings. The van der Waals surface area contributed by atoms with Gasteiger partial charge in [0, 0.05) is 0 Å². The van der Waals surface area contributed by atoms with Gasteiger partial charge in [-0.05, 0) is 41.7 Å². The lowest BCUT2D eigenvalue weighted by Crippen LogP contribution is -1.73. The standard InChI is InChI=1S/C7H5ClN2OS/c1-4-2-3-11-5(4)6-9-7(8)10-12-6/h2-3H,1H3. The maximum Gasteiger partial charge on any atom is 0.234 e. The highest BCUT2D eigenvalue weighted by Crippen LogP contribution is 2.26. The van der Waals surface area contributed by atoms with E-state index in [1.807, 2.05) is 13.0 Å². The smallest absolute Gasteiger partial charge is 0.234 e. The highest BCUT2D eigenvalue weighted by Gasteiger charge is 2.10. The molecule has 0 aliphatic carbocycles. The molecular formula is C7H5ClN2OS. The molecule has 0 aliphatic rings. The first-order valence-corrected chi connectivity index (χ1v) is 4.46. The van der Waals surface area contributed by atoms with E-state index in [4.69, 9.17) is 16.0 Å². The molecule has 0 fully saturated rings. The van der Waals surface area contributed by atoms with E-state index in [9.17, 15) is 0 Å². The number of halogens is 1. The van der Waals surface area contributed by atoms with Gasteiger partial charge in [-0.2, -0.15) is 4.37 Å². The Hall–Kier alpha value is -0.870. The average molecular weight is 201 g/mol. The van der Waals surface area contributed by atoms with Crippen molar-refractivity contribution in [1.82, 2.24) is 9.36 Å². The molecule has 0 aliphatic heterocycles. The molecule has 0 atom stereocenters. The van der Waals surface area contributed by atoms with Crippen molar-refractivity contribution >= 4 is 23.1 Å². The van der Waals surface area contributed by atoms with E-state index in [2.05, 4.69) is 9.36 Å². The summed E-state index contributed by atoms with van der Waals surface area (Å²) in [6, 6.07) is 1.88. The Labute approximate surface area is 78.2 Å². The summed E-state index contributed by atoms with van der Waals surface area (Å²) >= 11 is 6.81. The summed E-state index contributed by atoms with van der Waals surface area (Å²) in [6.45, 7) is 1.95. The van der Waals surface area contributed by atoms with Crippen LogP contribution < -0.4 is 0 Å². The van der Waals surface area contributed by atoms with Crippen molar-refractivity contribution in [2.24, 2.45) is 0 Å². The van der Waals surface area contributed by atoms with Crippen molar-refractivity contribution in [2.45, 2.75) is 6.92 Å². The molecule has 0 amide bonds. The summed E-state index contributed by atoms with van der Waals surface area (Å²) in [5.41, 5.74) is 1.04. The molecule has 0 aromatic carbocycles. The van der Waals surface area contributed by atoms with Crippen LogP contribution in [0.15, 0.2) is 16.7 Å². The Balaban J connectivity index is 2.50. The molecule has 0 spiro atoms. The predicted octanol–water partition coefficient (Wildman–Crippen LogP) is 2.76. The van der Waals surface area contributed by atoms with Crippen LogP contribution in [0.4, 0.5) is 0 Å². The summed E-state index contributed by atoms with van der Waals surface area (Å²) < 4.78 is 9.06. The van der Waals surface area contributed by atoms with Crippen LogP contribution in [0.1, 0.15) is 5.56 Å². The number of aryl methyl sites for hydroxylation is 1. The van der Waals surface area contributed by atoms with Crippen molar-refractivity contribution in [3.8, 4) is 10.8 Å². The van der Waals surface area contributed by atoms with Gasteiger partial charge in [0.2, 0.25) is 5.28 Å². The highest BCUT2D eigenvalue weighted by atomic mass is 35.5. The molecule has 62 valence electrons. The molecular weight excluding hydrogens is 196 g/mol. The second kappa shape index (κ2) is 2.88. The van der Waals surface area contributed by atoms with Gasteiger partial charge in [-0.1, -0.05) is 0 Å². The molecule has 12 heavy (non-hydrogen) atoms. The first-order chi connectivity index (χ1) is 5.77. The van der Waals surface area contributed by atoms with E-state index in [1.165, 1.54) is 11.5 Å². The molecule has 0 radical (unpaired) electrons. The zero-order valence-corrected chi connectivity index (χ0v) is 7.82. The minimum Gasteiger partial charge on any atom is -0.461 e. The molecule has 0 N–H and O–H groups in total. The second-order valence-corrected chi connectivity index (χ2v) is 3.39. The molecule has 5 heteroatoms. The van der Waals surface area contributed by atoms with Crippen LogP contribution in [0.25, 0.3) is 10.8 Å². The Bertz CT molecular complexity index is 396. The Morgan fingerprint density at radius 1 is 1.58 bits per heavy atom. The summed E-state index contributed by atoms with van der Waals surface area (Å²) in [5, 5.41) is 0.994. The van der Waals surface area contributed by atoms with E-state index in [-0.39, 0.29) is 5.28 Å². The number of aromatic nitrogens is 2. The third-order valence-electron chi connectivity index (χ3n) is 1.46. The quantitative estimate of drug-likeness (QED) is 0.711. The second-order valence-electron chi connectivity index (χ2n) is 2.30. The van der Waals surface area contributed by atoms with Crippen molar-refractivity contribution < 1.29 is 4.42 Å². The van der Waals surface area contributed by atoms with Crippen LogP contribution in [-0.4, -0.2) is 9.36 Å². The Morgan fingerprint density at radius 2 is 2.42 bits per heavy atom. The van der Waals surface area contributed by atoms with Crippen molar-refractivity contribution in [1.29, 1.82) is 0 Å². The third kappa shape index (κ3) is 1.23. The van der Waals surface area contributed by atoms with Crippen molar-refractivity contribution in [2.75, 3.05) is 0 Å². The van der Waals surface area contributed by atoms with Crippen LogP contribution >= 0.6 is 23.1 Å². The van der Waals surface area contributed by atoms with Gasteiger partial charge in [-0.3, -0.25) is 0 Å². The van der Waals surface area contributed by atoms with Crippen LogP contribution in [0, 0.1) is 6.92 Å². The van der Waals surface area contributed by atoms with Crippen molar-refractivity contribution in [3.63, 3.8) is 0 Å². The number of hydrogen-bond acceptors (Lipinski definition) is 4. The molecule has 2 rings (SSSR count). The summed E-state index contributed by atoms with van der Waals surface area (Å²) in [6.07, 6.45) is 1.62. The van der Waals surface area contributed by atoms with E-state index < -0.39 is 0 Å². The molecule has 0 bridgehead atoms. The topological polar surface area (TPSA) is 38.9 Å². The molecule has 3 nitrogen and oxygen atoms in total.